The van der Waals surface area contributed by atoms with E-state index >= 15 is 0 Å². The zero-order chi connectivity index (χ0) is 17.5. The van der Waals surface area contributed by atoms with Crippen molar-refractivity contribution in [2.75, 3.05) is 5.75 Å². The summed E-state index contributed by atoms with van der Waals surface area (Å²) in [5.74, 6) is 0.829. The highest BCUT2D eigenvalue weighted by Crippen LogP contribution is 2.29. The number of sulfone groups is 1. The van der Waals surface area contributed by atoms with Gasteiger partial charge in [-0.2, -0.15) is 0 Å². The highest BCUT2D eigenvalue weighted by Gasteiger charge is 2.37. The van der Waals surface area contributed by atoms with Gasteiger partial charge in [0.2, 0.25) is 0 Å². The number of benzene rings is 1. The molecule has 1 fully saturated rings. The molecule has 0 spiro atoms. The lowest BCUT2D eigenvalue weighted by Gasteiger charge is -2.19. The van der Waals surface area contributed by atoms with Crippen molar-refractivity contribution < 1.29 is 17.6 Å². The summed E-state index contributed by atoms with van der Waals surface area (Å²) in [6, 6.07) is 6.68. The molecule has 1 aliphatic rings. The number of amides is 2. The second kappa shape index (κ2) is 6.12. The first-order valence-corrected chi connectivity index (χ1v) is 9.78. The smallest absolute Gasteiger partial charge is 0.315 e. The van der Waals surface area contributed by atoms with Crippen molar-refractivity contribution in [3.63, 3.8) is 0 Å². The van der Waals surface area contributed by atoms with Crippen LogP contribution in [0.15, 0.2) is 28.7 Å². The van der Waals surface area contributed by atoms with Crippen molar-refractivity contribution in [3.05, 3.63) is 35.6 Å². The number of nitrogens with one attached hydrogen (secondary N) is 2. The van der Waals surface area contributed by atoms with E-state index in [1.807, 2.05) is 38.1 Å². The van der Waals surface area contributed by atoms with E-state index < -0.39 is 15.1 Å². The third-order valence-electron chi connectivity index (χ3n) is 4.78. The average Bonchev–Trinajstić information content (AvgIpc) is 3.00. The van der Waals surface area contributed by atoms with Crippen LogP contribution in [-0.4, -0.2) is 31.5 Å². The molecule has 130 valence electrons. The van der Waals surface area contributed by atoms with Crippen LogP contribution in [0.4, 0.5) is 4.79 Å². The van der Waals surface area contributed by atoms with Crippen molar-refractivity contribution in [1.82, 2.24) is 10.6 Å². The van der Waals surface area contributed by atoms with Crippen molar-refractivity contribution in [2.45, 2.75) is 44.5 Å². The number of rotatable bonds is 3. The van der Waals surface area contributed by atoms with Crippen LogP contribution in [0.1, 0.15) is 37.6 Å². The van der Waals surface area contributed by atoms with Gasteiger partial charge in [0.25, 0.3) is 0 Å². The van der Waals surface area contributed by atoms with Gasteiger partial charge in [-0.25, -0.2) is 13.2 Å². The standard InChI is InChI=1S/C17H22N2O4S/c1-10-13-6-4-5-7-15(13)23-16(10)11(2)18-17(20)19-14-8-9-24(21,22)12(14)3/h4-7,11-12,14H,8-9H2,1-3H3,(H2,18,19,20)/t11-,12?,14?/m0/s1. The van der Waals surface area contributed by atoms with Gasteiger partial charge in [0, 0.05) is 17.0 Å². The molecule has 1 saturated heterocycles. The Labute approximate surface area is 141 Å². The summed E-state index contributed by atoms with van der Waals surface area (Å²) in [5.41, 5.74) is 1.78. The molecule has 1 aromatic carbocycles. The number of fused-ring (bicyclic) bond motifs is 1. The lowest BCUT2D eigenvalue weighted by Crippen LogP contribution is -2.46. The van der Waals surface area contributed by atoms with E-state index in [1.54, 1.807) is 6.92 Å². The first kappa shape index (κ1) is 16.8. The van der Waals surface area contributed by atoms with Crippen LogP contribution in [-0.2, 0) is 9.84 Å². The maximum Gasteiger partial charge on any atom is 0.315 e. The van der Waals surface area contributed by atoms with E-state index in [0.717, 1.165) is 16.5 Å². The molecule has 6 nitrogen and oxygen atoms in total. The lowest BCUT2D eigenvalue weighted by molar-refractivity contribution is 0.232. The molecule has 3 rings (SSSR count). The van der Waals surface area contributed by atoms with Gasteiger partial charge in [-0.05, 0) is 33.3 Å². The molecule has 2 unspecified atom stereocenters. The van der Waals surface area contributed by atoms with Crippen LogP contribution >= 0.6 is 0 Å². The second-order valence-electron chi connectivity index (χ2n) is 6.39. The fraction of sp³-hybridized carbons (Fsp3) is 0.471. The molecule has 0 bridgehead atoms. The first-order valence-electron chi connectivity index (χ1n) is 8.06. The van der Waals surface area contributed by atoms with Gasteiger partial charge in [-0.3, -0.25) is 0 Å². The SMILES string of the molecule is Cc1c([C@H](C)NC(=O)NC2CCS(=O)(=O)C2C)oc2ccccc12. The maximum atomic E-state index is 12.2. The van der Waals surface area contributed by atoms with Gasteiger partial charge < -0.3 is 15.1 Å². The second-order valence-corrected chi connectivity index (χ2v) is 8.87. The van der Waals surface area contributed by atoms with Crippen LogP contribution in [0.2, 0.25) is 0 Å². The molecule has 7 heteroatoms. The van der Waals surface area contributed by atoms with Gasteiger partial charge in [0.05, 0.1) is 17.0 Å². The molecule has 2 aromatic rings. The summed E-state index contributed by atoms with van der Waals surface area (Å²) in [5, 5.41) is 6.08. The Kier molecular flexibility index (Phi) is 4.29. The summed E-state index contributed by atoms with van der Waals surface area (Å²) in [6.07, 6.45) is 0.453. The highest BCUT2D eigenvalue weighted by atomic mass is 32.2. The summed E-state index contributed by atoms with van der Waals surface area (Å²) >= 11 is 0. The summed E-state index contributed by atoms with van der Waals surface area (Å²) < 4.78 is 29.4. The van der Waals surface area contributed by atoms with E-state index in [1.165, 1.54) is 0 Å². The summed E-state index contributed by atoms with van der Waals surface area (Å²) in [7, 11) is -3.09. The zero-order valence-electron chi connectivity index (χ0n) is 14.0. The summed E-state index contributed by atoms with van der Waals surface area (Å²) in [6.45, 7) is 5.45. The minimum atomic E-state index is -3.09. The Hall–Kier alpha value is -2.02. The van der Waals surface area contributed by atoms with Crippen LogP contribution in [0, 0.1) is 6.92 Å². The number of carbonyl (C=O) groups is 1. The first-order chi connectivity index (χ1) is 11.3. The largest absolute Gasteiger partial charge is 0.459 e. The monoisotopic (exact) mass is 350 g/mol. The van der Waals surface area contributed by atoms with Crippen molar-refractivity contribution in [2.24, 2.45) is 0 Å². The van der Waals surface area contributed by atoms with E-state index in [4.69, 9.17) is 4.42 Å². The van der Waals surface area contributed by atoms with Crippen LogP contribution in [0.3, 0.4) is 0 Å². The predicted molar refractivity (Wildman–Crippen MR) is 92.7 cm³/mol. The number of urea groups is 1. The Morgan fingerprint density at radius 1 is 1.33 bits per heavy atom. The maximum absolute atomic E-state index is 12.2. The Balaban J connectivity index is 1.69. The molecule has 2 amide bonds. The minimum absolute atomic E-state index is 0.122. The lowest BCUT2D eigenvalue weighted by atomic mass is 10.1. The van der Waals surface area contributed by atoms with Gasteiger partial charge in [-0.1, -0.05) is 18.2 Å². The van der Waals surface area contributed by atoms with Gasteiger partial charge >= 0.3 is 6.03 Å². The topological polar surface area (TPSA) is 88.4 Å². The molecular formula is C17H22N2O4S. The normalized spacial score (nSPS) is 24.0. The third kappa shape index (κ3) is 3.00. The van der Waals surface area contributed by atoms with E-state index in [2.05, 4.69) is 10.6 Å². The van der Waals surface area contributed by atoms with Crippen molar-refractivity contribution in [1.29, 1.82) is 0 Å². The molecule has 3 atom stereocenters. The molecule has 0 saturated carbocycles. The quantitative estimate of drug-likeness (QED) is 0.891. The molecule has 2 N–H and O–H groups in total. The Morgan fingerprint density at radius 3 is 2.67 bits per heavy atom. The van der Waals surface area contributed by atoms with Crippen LogP contribution in [0.5, 0.6) is 0 Å². The number of furan rings is 1. The third-order valence-corrected chi connectivity index (χ3v) is 7.05. The number of carbonyl (C=O) groups excluding carboxylic acids is 1. The Bertz CT molecular complexity index is 872. The number of para-hydroxylation sites is 1. The van der Waals surface area contributed by atoms with E-state index in [9.17, 15) is 13.2 Å². The molecule has 0 radical (unpaired) electrons. The average molecular weight is 350 g/mol. The Morgan fingerprint density at radius 2 is 2.04 bits per heavy atom. The molecule has 0 aliphatic carbocycles. The van der Waals surface area contributed by atoms with Crippen molar-refractivity contribution in [3.8, 4) is 0 Å². The van der Waals surface area contributed by atoms with Crippen LogP contribution < -0.4 is 10.6 Å². The molecule has 1 aliphatic heterocycles. The number of aryl methyl sites for hydroxylation is 1. The van der Waals surface area contributed by atoms with Crippen molar-refractivity contribution >= 4 is 26.8 Å². The fourth-order valence-corrected chi connectivity index (χ4v) is 4.89. The predicted octanol–water partition coefficient (Wildman–Crippen LogP) is 2.68. The molecule has 1 aromatic heterocycles. The van der Waals surface area contributed by atoms with Gasteiger partial charge in [-0.15, -0.1) is 0 Å². The van der Waals surface area contributed by atoms with Gasteiger partial charge in [0.15, 0.2) is 9.84 Å². The fourth-order valence-electron chi connectivity index (χ4n) is 3.23. The zero-order valence-corrected chi connectivity index (χ0v) is 14.8. The minimum Gasteiger partial charge on any atom is -0.459 e. The molecule has 2 heterocycles. The number of hydrogen-bond donors (Lipinski definition) is 2. The van der Waals surface area contributed by atoms with Crippen LogP contribution in [0.25, 0.3) is 11.0 Å². The van der Waals surface area contributed by atoms with Gasteiger partial charge in [0.1, 0.15) is 11.3 Å². The highest BCUT2D eigenvalue weighted by molar-refractivity contribution is 7.92. The molecular weight excluding hydrogens is 328 g/mol. The summed E-state index contributed by atoms with van der Waals surface area (Å²) in [4.78, 5) is 12.2. The molecule has 24 heavy (non-hydrogen) atoms. The van der Waals surface area contributed by atoms with E-state index in [-0.39, 0.29) is 23.9 Å². The number of hydrogen-bond acceptors (Lipinski definition) is 4. The van der Waals surface area contributed by atoms with E-state index in [0.29, 0.717) is 12.2 Å².